The Labute approximate surface area is 210 Å². The van der Waals surface area contributed by atoms with Crippen molar-refractivity contribution in [2.24, 2.45) is 5.92 Å². The van der Waals surface area contributed by atoms with Crippen molar-refractivity contribution in [1.29, 1.82) is 0 Å². The number of anilines is 1. The first-order chi connectivity index (χ1) is 17.2. The van der Waals surface area contributed by atoms with Crippen molar-refractivity contribution < 1.29 is 14.3 Å². The van der Waals surface area contributed by atoms with Crippen molar-refractivity contribution in [1.82, 2.24) is 4.90 Å². The summed E-state index contributed by atoms with van der Waals surface area (Å²) >= 11 is 0. The molecule has 190 valence electrons. The van der Waals surface area contributed by atoms with E-state index in [-0.39, 0.29) is 11.7 Å². The van der Waals surface area contributed by atoms with Gasteiger partial charge in [0.1, 0.15) is 0 Å². The molecule has 0 N–H and O–H groups in total. The van der Waals surface area contributed by atoms with Gasteiger partial charge in [-0.05, 0) is 61.8 Å². The van der Waals surface area contributed by atoms with Crippen molar-refractivity contribution in [3.05, 3.63) is 35.6 Å². The van der Waals surface area contributed by atoms with Gasteiger partial charge in [0.25, 0.3) is 5.91 Å². The number of carbonyl (C=O) groups is 2. The van der Waals surface area contributed by atoms with Gasteiger partial charge in [-0.15, -0.1) is 0 Å². The van der Waals surface area contributed by atoms with Crippen molar-refractivity contribution in [2.75, 3.05) is 11.4 Å². The molecule has 0 unspecified atom stereocenters. The number of rotatable bonds is 7. The Balaban J connectivity index is 1.26. The number of carbonyl (C=O) groups excluding carboxylic acids is 2. The van der Waals surface area contributed by atoms with E-state index in [2.05, 4.69) is 29.2 Å². The highest BCUT2D eigenvalue weighted by Gasteiger charge is 2.36. The summed E-state index contributed by atoms with van der Waals surface area (Å²) < 4.78 is 5.39. The number of amides is 2. The third-order valence-electron chi connectivity index (χ3n) is 8.78. The first-order valence-corrected chi connectivity index (χ1v) is 14.3. The quantitative estimate of drug-likeness (QED) is 0.382. The van der Waals surface area contributed by atoms with Crippen LogP contribution < -0.4 is 4.90 Å². The average molecular weight is 479 g/mol. The van der Waals surface area contributed by atoms with E-state index in [1.165, 1.54) is 107 Å². The van der Waals surface area contributed by atoms with Gasteiger partial charge in [-0.1, -0.05) is 82.8 Å². The van der Waals surface area contributed by atoms with Gasteiger partial charge in [-0.3, -0.25) is 4.79 Å². The fourth-order valence-corrected chi connectivity index (χ4v) is 6.81. The Bertz CT molecular complexity index is 873. The molecule has 5 nitrogen and oxygen atoms in total. The molecule has 0 atom stereocenters. The summed E-state index contributed by atoms with van der Waals surface area (Å²) in [7, 11) is 0. The fraction of sp³-hybridized carbons (Fsp3) is 0.667. The minimum Gasteiger partial charge on any atom is -0.404 e. The van der Waals surface area contributed by atoms with Gasteiger partial charge in [0.15, 0.2) is 5.76 Å². The monoisotopic (exact) mass is 478 g/mol. The van der Waals surface area contributed by atoms with Crippen LogP contribution in [0.15, 0.2) is 30.0 Å². The van der Waals surface area contributed by atoms with Crippen LogP contribution in [0.3, 0.4) is 0 Å². The zero-order valence-electron chi connectivity index (χ0n) is 21.3. The Morgan fingerprint density at radius 3 is 1.89 bits per heavy atom. The van der Waals surface area contributed by atoms with Gasteiger partial charge in [0.2, 0.25) is 0 Å². The fourth-order valence-electron chi connectivity index (χ4n) is 6.81. The van der Waals surface area contributed by atoms with Gasteiger partial charge >= 0.3 is 6.09 Å². The predicted molar refractivity (Wildman–Crippen MR) is 140 cm³/mol. The standard InChI is InChI=1S/C30H42N2O3/c33-29-28(35-30(34)31(29)21-20-23-10-4-1-5-11-23)22-24-16-18-27(19-17-24)32(25-12-6-2-7-13-25)26-14-8-3-9-15-26/h16-19,22-23,25-26H,1-15,20-21H2/b28-22+. The maximum atomic E-state index is 12.9. The van der Waals surface area contributed by atoms with Gasteiger partial charge in [-0.25, -0.2) is 9.69 Å². The number of imide groups is 1. The first kappa shape index (κ1) is 24.4. The van der Waals surface area contributed by atoms with E-state index < -0.39 is 6.09 Å². The lowest BCUT2D eigenvalue weighted by atomic mass is 9.87. The summed E-state index contributed by atoms with van der Waals surface area (Å²) in [4.78, 5) is 29.3. The lowest BCUT2D eigenvalue weighted by Gasteiger charge is -2.43. The highest BCUT2D eigenvalue weighted by molar-refractivity contribution is 6.09. The molecule has 4 fully saturated rings. The first-order valence-electron chi connectivity index (χ1n) is 14.3. The molecule has 2 amide bonds. The van der Waals surface area contributed by atoms with Crippen LogP contribution >= 0.6 is 0 Å². The summed E-state index contributed by atoms with van der Waals surface area (Å²) in [6.07, 6.45) is 21.6. The Morgan fingerprint density at radius 2 is 1.31 bits per heavy atom. The Kier molecular flexibility index (Phi) is 8.10. The summed E-state index contributed by atoms with van der Waals surface area (Å²) in [6.45, 7) is 0.469. The lowest BCUT2D eigenvalue weighted by molar-refractivity contribution is -0.123. The topological polar surface area (TPSA) is 49.9 Å². The molecule has 3 aliphatic carbocycles. The van der Waals surface area contributed by atoms with E-state index in [0.717, 1.165) is 12.0 Å². The van der Waals surface area contributed by atoms with Crippen LogP contribution in [0.4, 0.5) is 10.5 Å². The van der Waals surface area contributed by atoms with Crippen molar-refractivity contribution in [2.45, 2.75) is 115 Å². The van der Waals surface area contributed by atoms with Crippen LogP contribution in [0.5, 0.6) is 0 Å². The lowest BCUT2D eigenvalue weighted by Crippen LogP contribution is -2.45. The van der Waals surface area contributed by atoms with Crippen LogP contribution in [0.2, 0.25) is 0 Å². The molecule has 35 heavy (non-hydrogen) atoms. The predicted octanol–water partition coefficient (Wildman–Crippen LogP) is 7.45. The maximum absolute atomic E-state index is 12.9. The van der Waals surface area contributed by atoms with E-state index in [1.54, 1.807) is 6.08 Å². The third-order valence-corrected chi connectivity index (χ3v) is 8.78. The molecule has 1 saturated heterocycles. The largest absolute Gasteiger partial charge is 0.422 e. The summed E-state index contributed by atoms with van der Waals surface area (Å²) in [5, 5.41) is 0. The second-order valence-corrected chi connectivity index (χ2v) is 11.2. The van der Waals surface area contributed by atoms with Gasteiger partial charge in [0, 0.05) is 24.3 Å². The molecular weight excluding hydrogens is 436 g/mol. The van der Waals surface area contributed by atoms with Crippen LogP contribution in [-0.4, -0.2) is 35.5 Å². The normalized spacial score (nSPS) is 24.2. The molecule has 4 aliphatic rings. The second kappa shape index (κ2) is 11.6. The zero-order valence-corrected chi connectivity index (χ0v) is 21.3. The molecule has 0 radical (unpaired) electrons. The second-order valence-electron chi connectivity index (χ2n) is 11.2. The summed E-state index contributed by atoms with van der Waals surface area (Å²) in [5.41, 5.74) is 2.21. The molecule has 3 saturated carbocycles. The van der Waals surface area contributed by atoms with Crippen LogP contribution in [0.25, 0.3) is 6.08 Å². The Hall–Kier alpha value is -2.30. The summed E-state index contributed by atoms with van der Waals surface area (Å²) in [5.74, 6) is 0.491. The molecule has 0 bridgehead atoms. The number of cyclic esters (lactones) is 1. The maximum Gasteiger partial charge on any atom is 0.422 e. The molecular formula is C30H42N2O3. The average Bonchev–Trinajstić information content (AvgIpc) is 3.17. The minimum absolute atomic E-state index is 0.155. The molecule has 1 heterocycles. The molecule has 0 spiro atoms. The minimum atomic E-state index is -0.519. The molecule has 1 aromatic carbocycles. The van der Waals surface area contributed by atoms with Crippen LogP contribution in [0.1, 0.15) is 108 Å². The van der Waals surface area contributed by atoms with Crippen molar-refractivity contribution in [3.8, 4) is 0 Å². The van der Waals surface area contributed by atoms with Gasteiger partial charge < -0.3 is 9.64 Å². The smallest absolute Gasteiger partial charge is 0.404 e. The van der Waals surface area contributed by atoms with Crippen LogP contribution in [0, 0.1) is 5.92 Å². The van der Waals surface area contributed by atoms with Crippen molar-refractivity contribution >= 4 is 23.8 Å². The SMILES string of the molecule is O=C1O/C(=C/c2ccc(N(C3CCCCC3)C3CCCCC3)cc2)C(=O)N1CCC1CCCCC1. The third kappa shape index (κ3) is 5.92. The number of benzene rings is 1. The van der Waals surface area contributed by atoms with E-state index in [0.29, 0.717) is 24.5 Å². The van der Waals surface area contributed by atoms with E-state index in [4.69, 9.17) is 4.74 Å². The highest BCUT2D eigenvalue weighted by Crippen LogP contribution is 2.35. The number of ether oxygens (including phenoxy) is 1. The molecule has 0 aromatic heterocycles. The van der Waals surface area contributed by atoms with Crippen molar-refractivity contribution in [3.63, 3.8) is 0 Å². The molecule has 1 aromatic rings. The zero-order chi connectivity index (χ0) is 24.0. The summed E-state index contributed by atoms with van der Waals surface area (Å²) in [6, 6.07) is 9.85. The molecule has 1 aliphatic heterocycles. The van der Waals surface area contributed by atoms with E-state index in [9.17, 15) is 9.59 Å². The number of hydrogen-bond donors (Lipinski definition) is 0. The Morgan fingerprint density at radius 1 is 0.771 bits per heavy atom. The van der Waals surface area contributed by atoms with Crippen LogP contribution in [-0.2, 0) is 9.53 Å². The highest BCUT2D eigenvalue weighted by atomic mass is 16.6. The van der Waals surface area contributed by atoms with Gasteiger partial charge in [0.05, 0.1) is 0 Å². The molecule has 5 heteroatoms. The van der Waals surface area contributed by atoms with Gasteiger partial charge in [-0.2, -0.15) is 0 Å². The number of nitrogens with zero attached hydrogens (tertiary/aromatic N) is 2. The number of hydrogen-bond acceptors (Lipinski definition) is 4. The molecule has 5 rings (SSSR count). The van der Waals surface area contributed by atoms with E-state index in [1.807, 2.05) is 0 Å². The van der Waals surface area contributed by atoms with E-state index >= 15 is 0 Å².